The van der Waals surface area contributed by atoms with Crippen molar-refractivity contribution >= 4 is 21.6 Å². The normalized spacial score (nSPS) is 21.7. The van der Waals surface area contributed by atoms with Gasteiger partial charge in [-0.2, -0.15) is 0 Å². The van der Waals surface area contributed by atoms with Gasteiger partial charge in [-0.05, 0) is 18.9 Å². The average molecular weight is 299 g/mol. The van der Waals surface area contributed by atoms with Crippen LogP contribution in [0.25, 0.3) is 0 Å². The number of rotatable bonds is 6. The van der Waals surface area contributed by atoms with Crippen molar-refractivity contribution in [3.8, 4) is 0 Å². The summed E-state index contributed by atoms with van der Waals surface area (Å²) in [5.74, 6) is 0.466. The van der Waals surface area contributed by atoms with Gasteiger partial charge in [-0.15, -0.1) is 11.6 Å². The van der Waals surface area contributed by atoms with Crippen LogP contribution in [0.3, 0.4) is 0 Å². The zero-order chi connectivity index (χ0) is 13.6. The van der Waals surface area contributed by atoms with E-state index in [1.165, 1.54) is 0 Å². The van der Waals surface area contributed by atoms with Gasteiger partial charge in [0.25, 0.3) is 0 Å². The first kappa shape index (κ1) is 16.2. The minimum absolute atomic E-state index is 0.0199. The number of aliphatic hydroxyl groups excluding tert-OH is 1. The van der Waals surface area contributed by atoms with Crippen LogP contribution in [0.5, 0.6) is 0 Å². The summed E-state index contributed by atoms with van der Waals surface area (Å²) in [6, 6.07) is 0. The highest BCUT2D eigenvalue weighted by Crippen LogP contribution is 2.12. The Bertz CT molecular complexity index is 337. The number of halogens is 1. The van der Waals surface area contributed by atoms with E-state index in [1.54, 1.807) is 4.31 Å². The molecule has 18 heavy (non-hydrogen) atoms. The topological polar surface area (TPSA) is 60.9 Å². The van der Waals surface area contributed by atoms with Crippen molar-refractivity contribution < 1.29 is 13.5 Å². The monoisotopic (exact) mass is 298 g/mol. The second-order valence-electron chi connectivity index (χ2n) is 4.86. The van der Waals surface area contributed by atoms with Gasteiger partial charge in [0, 0.05) is 32.1 Å². The number of alkyl halides is 1. The molecule has 1 unspecified atom stereocenters. The summed E-state index contributed by atoms with van der Waals surface area (Å²) in [7, 11) is -3.20. The lowest BCUT2D eigenvalue weighted by atomic mass is 10.3. The molecule has 1 N–H and O–H groups in total. The van der Waals surface area contributed by atoms with Gasteiger partial charge >= 0.3 is 0 Å². The van der Waals surface area contributed by atoms with E-state index in [0.29, 0.717) is 32.1 Å². The number of nitrogens with zero attached hydrogens (tertiary/aromatic N) is 2. The summed E-state index contributed by atoms with van der Waals surface area (Å²) in [5.41, 5.74) is 0. The van der Waals surface area contributed by atoms with Crippen LogP contribution in [0.2, 0.25) is 0 Å². The van der Waals surface area contributed by atoms with Crippen LogP contribution in [-0.2, 0) is 10.0 Å². The van der Waals surface area contributed by atoms with Crippen molar-refractivity contribution in [2.75, 3.05) is 51.0 Å². The molecule has 0 bridgehead atoms. The molecule has 1 heterocycles. The van der Waals surface area contributed by atoms with Gasteiger partial charge in [-0.1, -0.05) is 6.92 Å². The number of aliphatic hydroxyl groups is 1. The molecule has 108 valence electrons. The van der Waals surface area contributed by atoms with Gasteiger partial charge in [-0.3, -0.25) is 4.90 Å². The number of hydrogen-bond donors (Lipinski definition) is 1. The SMILES string of the molecule is CC(CCl)CS(=O)(=O)N1CCCN(CCO)CC1. The van der Waals surface area contributed by atoms with Crippen molar-refractivity contribution in [2.24, 2.45) is 5.92 Å². The predicted molar refractivity (Wildman–Crippen MR) is 73.4 cm³/mol. The highest BCUT2D eigenvalue weighted by molar-refractivity contribution is 7.89. The second kappa shape index (κ2) is 7.65. The molecule has 0 aromatic heterocycles. The molecule has 0 saturated carbocycles. The molecule has 5 nitrogen and oxygen atoms in total. The van der Waals surface area contributed by atoms with E-state index in [0.717, 1.165) is 13.0 Å². The van der Waals surface area contributed by atoms with Gasteiger partial charge in [0.1, 0.15) is 0 Å². The minimum atomic E-state index is -3.20. The third-order valence-electron chi connectivity index (χ3n) is 3.12. The Balaban J connectivity index is 2.56. The Morgan fingerprint density at radius 2 is 2.00 bits per heavy atom. The summed E-state index contributed by atoms with van der Waals surface area (Å²) in [5, 5.41) is 8.90. The van der Waals surface area contributed by atoms with Crippen molar-refractivity contribution in [3.05, 3.63) is 0 Å². The molecular weight excluding hydrogens is 276 g/mol. The minimum Gasteiger partial charge on any atom is -0.395 e. The van der Waals surface area contributed by atoms with E-state index in [-0.39, 0.29) is 18.3 Å². The lowest BCUT2D eigenvalue weighted by Crippen LogP contribution is -2.38. The van der Waals surface area contributed by atoms with Crippen molar-refractivity contribution in [2.45, 2.75) is 13.3 Å². The van der Waals surface area contributed by atoms with Gasteiger partial charge < -0.3 is 5.11 Å². The van der Waals surface area contributed by atoms with Gasteiger partial charge in [-0.25, -0.2) is 12.7 Å². The molecule has 1 aliphatic heterocycles. The molecule has 1 rings (SSSR count). The van der Waals surface area contributed by atoms with Crippen LogP contribution >= 0.6 is 11.6 Å². The zero-order valence-electron chi connectivity index (χ0n) is 10.9. The van der Waals surface area contributed by atoms with E-state index in [2.05, 4.69) is 4.90 Å². The smallest absolute Gasteiger partial charge is 0.214 e. The molecule has 0 aromatic rings. The van der Waals surface area contributed by atoms with Crippen molar-refractivity contribution in [3.63, 3.8) is 0 Å². The molecule has 7 heteroatoms. The van der Waals surface area contributed by atoms with Gasteiger partial charge in [0.05, 0.1) is 12.4 Å². The Hall–Kier alpha value is 0.120. The molecule has 1 fully saturated rings. The molecule has 1 aliphatic rings. The molecular formula is C11H23ClN2O3S. The average Bonchev–Trinajstić information content (AvgIpc) is 2.55. The van der Waals surface area contributed by atoms with E-state index in [4.69, 9.17) is 16.7 Å². The van der Waals surface area contributed by atoms with Crippen LogP contribution in [0.1, 0.15) is 13.3 Å². The molecule has 0 spiro atoms. The summed E-state index contributed by atoms with van der Waals surface area (Å²) in [6.45, 7) is 5.20. The maximum atomic E-state index is 12.2. The Kier molecular flexibility index (Phi) is 6.87. The predicted octanol–water partition coefficient (Wildman–Crippen LogP) is 0.191. The summed E-state index contributed by atoms with van der Waals surface area (Å²) >= 11 is 5.67. The maximum Gasteiger partial charge on any atom is 0.214 e. The van der Waals surface area contributed by atoms with Crippen LogP contribution < -0.4 is 0 Å². The Morgan fingerprint density at radius 1 is 1.28 bits per heavy atom. The van der Waals surface area contributed by atoms with E-state index in [1.807, 2.05) is 6.92 Å². The molecule has 0 radical (unpaired) electrons. The standard InChI is InChI=1S/C11H23ClN2O3S/c1-11(9-12)10-18(16,17)14-4-2-3-13(5-6-14)7-8-15/h11,15H,2-10H2,1H3. The summed E-state index contributed by atoms with van der Waals surface area (Å²) in [4.78, 5) is 2.10. The maximum absolute atomic E-state index is 12.2. The number of sulfonamides is 1. The summed E-state index contributed by atoms with van der Waals surface area (Å²) < 4.78 is 25.9. The molecule has 1 saturated heterocycles. The van der Waals surface area contributed by atoms with Gasteiger partial charge in [0.15, 0.2) is 0 Å². The largest absolute Gasteiger partial charge is 0.395 e. The first-order chi connectivity index (χ1) is 8.49. The fourth-order valence-electron chi connectivity index (χ4n) is 2.10. The fraction of sp³-hybridized carbons (Fsp3) is 1.00. The van der Waals surface area contributed by atoms with Crippen molar-refractivity contribution in [1.29, 1.82) is 0 Å². The highest BCUT2D eigenvalue weighted by Gasteiger charge is 2.26. The quantitative estimate of drug-likeness (QED) is 0.711. The van der Waals surface area contributed by atoms with Crippen LogP contribution in [0.15, 0.2) is 0 Å². The van der Waals surface area contributed by atoms with E-state index < -0.39 is 10.0 Å². The van der Waals surface area contributed by atoms with Crippen LogP contribution in [-0.4, -0.2) is 73.7 Å². The van der Waals surface area contributed by atoms with E-state index in [9.17, 15) is 8.42 Å². The summed E-state index contributed by atoms with van der Waals surface area (Å²) in [6.07, 6.45) is 0.814. The molecule has 0 amide bonds. The van der Waals surface area contributed by atoms with Crippen molar-refractivity contribution in [1.82, 2.24) is 9.21 Å². The highest BCUT2D eigenvalue weighted by atomic mass is 35.5. The molecule has 0 aromatic carbocycles. The number of β-amino-alcohol motifs (C(OH)–C–C–N with tert-alkyl or cyclic N) is 1. The van der Waals surface area contributed by atoms with Crippen LogP contribution in [0, 0.1) is 5.92 Å². The third-order valence-corrected chi connectivity index (χ3v) is 5.78. The zero-order valence-corrected chi connectivity index (χ0v) is 12.5. The fourth-order valence-corrected chi connectivity index (χ4v) is 4.15. The lowest BCUT2D eigenvalue weighted by Gasteiger charge is -2.22. The second-order valence-corrected chi connectivity index (χ2v) is 7.18. The van der Waals surface area contributed by atoms with Crippen LogP contribution in [0.4, 0.5) is 0 Å². The van der Waals surface area contributed by atoms with E-state index >= 15 is 0 Å². The molecule has 0 aliphatic carbocycles. The lowest BCUT2D eigenvalue weighted by molar-refractivity contribution is 0.202. The third kappa shape index (κ3) is 5.01. The first-order valence-electron chi connectivity index (χ1n) is 6.36. The Labute approximate surface area is 115 Å². The first-order valence-corrected chi connectivity index (χ1v) is 8.51. The number of hydrogen-bond acceptors (Lipinski definition) is 4. The molecule has 1 atom stereocenters. The van der Waals surface area contributed by atoms with Gasteiger partial charge in [0.2, 0.25) is 10.0 Å². The Morgan fingerprint density at radius 3 is 2.61 bits per heavy atom.